The van der Waals surface area contributed by atoms with Crippen molar-refractivity contribution < 1.29 is 23.4 Å². The molecule has 0 saturated heterocycles. The fraction of sp³-hybridized carbons (Fsp3) is 0.0833. The van der Waals surface area contributed by atoms with Crippen LogP contribution < -0.4 is 4.74 Å². The maximum absolute atomic E-state index is 13.7. The predicted octanol–water partition coefficient (Wildman–Crippen LogP) is 5.86. The number of pyridine rings is 1. The van der Waals surface area contributed by atoms with E-state index in [1.54, 1.807) is 37.3 Å². The number of fused-ring (bicyclic) bond motifs is 1. The largest absolute Gasteiger partial charge is 0.496 e. The van der Waals surface area contributed by atoms with Gasteiger partial charge in [-0.05, 0) is 54.4 Å². The fourth-order valence-electron chi connectivity index (χ4n) is 3.60. The molecular formula is C24H17F2NO3. The van der Waals surface area contributed by atoms with Gasteiger partial charge in [0.05, 0.1) is 23.9 Å². The molecule has 0 spiro atoms. The molecule has 0 bridgehead atoms. The quantitative estimate of drug-likeness (QED) is 0.462. The molecule has 0 aliphatic carbocycles. The molecule has 0 amide bonds. The van der Waals surface area contributed by atoms with Crippen molar-refractivity contribution in [1.82, 2.24) is 4.98 Å². The van der Waals surface area contributed by atoms with Gasteiger partial charge in [-0.2, -0.15) is 0 Å². The summed E-state index contributed by atoms with van der Waals surface area (Å²) in [7, 11) is 1.52. The van der Waals surface area contributed by atoms with Gasteiger partial charge in [0.25, 0.3) is 0 Å². The van der Waals surface area contributed by atoms with E-state index in [1.165, 1.54) is 37.4 Å². The van der Waals surface area contributed by atoms with E-state index in [4.69, 9.17) is 4.74 Å². The lowest BCUT2D eigenvalue weighted by atomic mass is 9.96. The number of ether oxygens (including phenoxy) is 1. The van der Waals surface area contributed by atoms with Gasteiger partial charge in [-0.3, -0.25) is 0 Å². The number of benzene rings is 3. The monoisotopic (exact) mass is 405 g/mol. The highest BCUT2D eigenvalue weighted by atomic mass is 19.1. The van der Waals surface area contributed by atoms with Crippen LogP contribution in [0.3, 0.4) is 0 Å². The van der Waals surface area contributed by atoms with Crippen LogP contribution >= 0.6 is 0 Å². The Morgan fingerprint density at radius 1 is 0.933 bits per heavy atom. The molecule has 4 aromatic rings. The fourth-order valence-corrected chi connectivity index (χ4v) is 3.60. The topological polar surface area (TPSA) is 59.4 Å². The van der Waals surface area contributed by atoms with E-state index in [-0.39, 0.29) is 16.8 Å². The minimum Gasteiger partial charge on any atom is -0.496 e. The first-order chi connectivity index (χ1) is 14.4. The first kappa shape index (κ1) is 19.5. The Bertz CT molecular complexity index is 1280. The molecule has 0 atom stereocenters. The van der Waals surface area contributed by atoms with Crippen molar-refractivity contribution in [2.75, 3.05) is 7.11 Å². The van der Waals surface area contributed by atoms with Crippen molar-refractivity contribution >= 4 is 16.9 Å². The van der Waals surface area contributed by atoms with Gasteiger partial charge in [0.15, 0.2) is 0 Å². The minimum atomic E-state index is -1.15. The van der Waals surface area contributed by atoms with Crippen LogP contribution in [0.25, 0.3) is 33.3 Å². The lowest BCUT2D eigenvalue weighted by Gasteiger charge is -2.13. The molecule has 4 rings (SSSR count). The summed E-state index contributed by atoms with van der Waals surface area (Å²) in [6.45, 7) is 1.65. The number of rotatable bonds is 4. The molecule has 1 aromatic heterocycles. The Kier molecular flexibility index (Phi) is 4.91. The van der Waals surface area contributed by atoms with E-state index >= 15 is 0 Å². The average molecular weight is 405 g/mol. The van der Waals surface area contributed by atoms with E-state index in [9.17, 15) is 18.7 Å². The van der Waals surface area contributed by atoms with E-state index in [2.05, 4.69) is 4.98 Å². The standard InChI is InChI=1S/C24H17F2NO3/c1-13-22(24(28)29)19-12-16(25)7-9-20(19)27-23(13)15-5-3-14(4-6-15)18-11-17(26)8-10-21(18)30-2/h3-12H,1-2H3,(H,28,29). The molecule has 0 saturated carbocycles. The number of nitrogens with zero attached hydrogens (tertiary/aromatic N) is 1. The first-order valence-electron chi connectivity index (χ1n) is 9.16. The molecular weight excluding hydrogens is 388 g/mol. The second-order valence-electron chi connectivity index (χ2n) is 6.85. The van der Waals surface area contributed by atoms with Crippen LogP contribution in [0.5, 0.6) is 5.75 Å². The van der Waals surface area contributed by atoms with Crippen LogP contribution in [-0.4, -0.2) is 23.2 Å². The SMILES string of the molecule is COc1ccc(F)cc1-c1ccc(-c2nc3ccc(F)cc3c(C(=O)O)c2C)cc1. The van der Waals surface area contributed by atoms with E-state index in [1.807, 2.05) is 0 Å². The highest BCUT2D eigenvalue weighted by Gasteiger charge is 2.19. The van der Waals surface area contributed by atoms with Gasteiger partial charge in [0.1, 0.15) is 17.4 Å². The molecule has 1 heterocycles. The zero-order valence-electron chi connectivity index (χ0n) is 16.2. The molecule has 4 nitrogen and oxygen atoms in total. The van der Waals surface area contributed by atoms with Crippen LogP contribution in [0.4, 0.5) is 8.78 Å². The summed E-state index contributed by atoms with van der Waals surface area (Å²) in [6.07, 6.45) is 0. The van der Waals surface area contributed by atoms with Gasteiger partial charge in [-0.1, -0.05) is 24.3 Å². The number of methoxy groups -OCH3 is 1. The summed E-state index contributed by atoms with van der Waals surface area (Å²) < 4.78 is 32.7. The molecule has 0 unspecified atom stereocenters. The van der Waals surface area contributed by atoms with Gasteiger partial charge in [0.2, 0.25) is 0 Å². The van der Waals surface area contributed by atoms with Crippen LogP contribution in [0.15, 0.2) is 60.7 Å². The number of halogens is 2. The molecule has 1 N–H and O–H groups in total. The van der Waals surface area contributed by atoms with Crippen LogP contribution in [0.1, 0.15) is 15.9 Å². The first-order valence-corrected chi connectivity index (χ1v) is 9.16. The predicted molar refractivity (Wildman–Crippen MR) is 111 cm³/mol. The number of carbonyl (C=O) groups is 1. The summed E-state index contributed by atoms with van der Waals surface area (Å²) in [6, 6.07) is 15.3. The number of aromatic nitrogens is 1. The van der Waals surface area contributed by atoms with Gasteiger partial charge in [-0.25, -0.2) is 18.6 Å². The van der Waals surface area contributed by atoms with Crippen molar-refractivity contribution in [3.05, 3.63) is 83.4 Å². The van der Waals surface area contributed by atoms with Crippen molar-refractivity contribution in [1.29, 1.82) is 0 Å². The third-order valence-electron chi connectivity index (χ3n) is 5.04. The van der Waals surface area contributed by atoms with Crippen molar-refractivity contribution in [3.8, 4) is 28.1 Å². The zero-order valence-corrected chi connectivity index (χ0v) is 16.2. The second-order valence-corrected chi connectivity index (χ2v) is 6.85. The Hall–Kier alpha value is -3.80. The summed E-state index contributed by atoms with van der Waals surface area (Å²) in [5, 5.41) is 9.96. The maximum atomic E-state index is 13.7. The number of carboxylic acid groups (broad SMARTS) is 1. The van der Waals surface area contributed by atoms with E-state index in [0.717, 1.165) is 5.56 Å². The summed E-state index contributed by atoms with van der Waals surface area (Å²) in [4.78, 5) is 16.4. The van der Waals surface area contributed by atoms with Crippen LogP contribution in [0.2, 0.25) is 0 Å². The van der Waals surface area contributed by atoms with Crippen LogP contribution in [-0.2, 0) is 0 Å². The number of hydrogen-bond donors (Lipinski definition) is 1. The third kappa shape index (κ3) is 3.37. The van der Waals surface area contributed by atoms with Gasteiger partial charge >= 0.3 is 5.97 Å². The molecule has 0 radical (unpaired) electrons. The summed E-state index contributed by atoms with van der Waals surface area (Å²) in [5.41, 5.74) is 3.39. The van der Waals surface area contributed by atoms with Gasteiger partial charge in [0, 0.05) is 16.5 Å². The third-order valence-corrected chi connectivity index (χ3v) is 5.04. The molecule has 0 fully saturated rings. The molecule has 3 aromatic carbocycles. The number of carboxylic acids is 1. The second kappa shape index (κ2) is 7.55. The lowest BCUT2D eigenvalue weighted by Crippen LogP contribution is -2.05. The minimum absolute atomic E-state index is 0.0189. The van der Waals surface area contributed by atoms with Gasteiger partial charge in [-0.15, -0.1) is 0 Å². The van der Waals surface area contributed by atoms with Crippen molar-refractivity contribution in [3.63, 3.8) is 0 Å². The summed E-state index contributed by atoms with van der Waals surface area (Å²) in [5.74, 6) is -1.50. The Labute approximate surface area is 171 Å². The lowest BCUT2D eigenvalue weighted by molar-refractivity contribution is 0.0698. The highest BCUT2D eigenvalue weighted by Crippen LogP contribution is 2.34. The smallest absolute Gasteiger partial charge is 0.336 e. The summed E-state index contributed by atoms with van der Waals surface area (Å²) >= 11 is 0. The van der Waals surface area contributed by atoms with Crippen molar-refractivity contribution in [2.24, 2.45) is 0 Å². The molecule has 6 heteroatoms. The van der Waals surface area contributed by atoms with E-state index in [0.29, 0.717) is 33.7 Å². The maximum Gasteiger partial charge on any atom is 0.336 e. The van der Waals surface area contributed by atoms with Crippen molar-refractivity contribution in [2.45, 2.75) is 6.92 Å². The molecule has 30 heavy (non-hydrogen) atoms. The Morgan fingerprint density at radius 2 is 1.57 bits per heavy atom. The van der Waals surface area contributed by atoms with E-state index < -0.39 is 11.8 Å². The average Bonchev–Trinajstić information content (AvgIpc) is 2.73. The normalized spacial score (nSPS) is 10.9. The highest BCUT2D eigenvalue weighted by molar-refractivity contribution is 6.05. The Morgan fingerprint density at radius 3 is 2.23 bits per heavy atom. The van der Waals surface area contributed by atoms with Crippen LogP contribution in [0, 0.1) is 18.6 Å². The zero-order chi connectivity index (χ0) is 21.4. The Balaban J connectivity index is 1.86. The molecule has 0 aliphatic rings. The molecule has 0 aliphatic heterocycles. The number of aromatic carboxylic acids is 1. The molecule has 150 valence electrons. The van der Waals surface area contributed by atoms with Gasteiger partial charge < -0.3 is 9.84 Å². The number of hydrogen-bond acceptors (Lipinski definition) is 3.